The molecule has 72 valence electrons. The Kier molecular flexibility index (Phi) is 3.98. The van der Waals surface area contributed by atoms with Crippen molar-refractivity contribution in [3.05, 3.63) is 33.3 Å². The van der Waals surface area contributed by atoms with Gasteiger partial charge in [0.2, 0.25) is 0 Å². The van der Waals surface area contributed by atoms with Crippen LogP contribution in [0.25, 0.3) is 0 Å². The van der Waals surface area contributed by atoms with E-state index >= 15 is 0 Å². The number of aryl methyl sites for hydroxylation is 2. The lowest BCUT2D eigenvalue weighted by atomic mass is 10.1. The van der Waals surface area contributed by atoms with Crippen LogP contribution in [-0.2, 0) is 12.8 Å². The standard InChI is InChI=1S/C10H11Br.C2H6/c1-7-5-9(11)6-8-3-2-4-10(7)8;1-2/h5-6H,2-4H2,1H3;1-2H3. The Morgan fingerprint density at radius 2 is 1.85 bits per heavy atom. The second kappa shape index (κ2) is 4.80. The number of rotatable bonds is 0. The van der Waals surface area contributed by atoms with E-state index < -0.39 is 0 Å². The van der Waals surface area contributed by atoms with Gasteiger partial charge in [-0.2, -0.15) is 0 Å². The highest BCUT2D eigenvalue weighted by molar-refractivity contribution is 9.10. The van der Waals surface area contributed by atoms with Crippen molar-refractivity contribution in [2.24, 2.45) is 0 Å². The van der Waals surface area contributed by atoms with Gasteiger partial charge in [-0.05, 0) is 55.0 Å². The highest BCUT2D eigenvalue weighted by atomic mass is 79.9. The summed E-state index contributed by atoms with van der Waals surface area (Å²) in [5.41, 5.74) is 4.59. The summed E-state index contributed by atoms with van der Waals surface area (Å²) in [5, 5.41) is 0. The smallest absolute Gasteiger partial charge is 0.0180 e. The van der Waals surface area contributed by atoms with Crippen LogP contribution in [0.4, 0.5) is 0 Å². The Morgan fingerprint density at radius 3 is 2.54 bits per heavy atom. The van der Waals surface area contributed by atoms with Crippen molar-refractivity contribution in [3.63, 3.8) is 0 Å². The molecule has 0 fully saturated rings. The Bertz CT molecular complexity index is 289. The Balaban J connectivity index is 0.000000396. The summed E-state index contributed by atoms with van der Waals surface area (Å²) in [4.78, 5) is 0. The molecule has 0 saturated carbocycles. The lowest BCUT2D eigenvalue weighted by Gasteiger charge is -2.03. The quantitative estimate of drug-likeness (QED) is 0.636. The fraction of sp³-hybridized carbons (Fsp3) is 0.500. The van der Waals surface area contributed by atoms with E-state index in [0.29, 0.717) is 0 Å². The molecule has 13 heavy (non-hydrogen) atoms. The molecule has 0 unspecified atom stereocenters. The molecule has 0 aromatic heterocycles. The highest BCUT2D eigenvalue weighted by Gasteiger charge is 2.12. The molecule has 1 aliphatic carbocycles. The maximum absolute atomic E-state index is 3.52. The monoisotopic (exact) mass is 240 g/mol. The maximum Gasteiger partial charge on any atom is 0.0180 e. The predicted molar refractivity (Wildman–Crippen MR) is 62.3 cm³/mol. The van der Waals surface area contributed by atoms with Gasteiger partial charge in [0.25, 0.3) is 0 Å². The van der Waals surface area contributed by atoms with Crippen LogP contribution < -0.4 is 0 Å². The van der Waals surface area contributed by atoms with Crippen LogP contribution in [0.5, 0.6) is 0 Å². The van der Waals surface area contributed by atoms with Gasteiger partial charge < -0.3 is 0 Å². The fourth-order valence-electron chi connectivity index (χ4n) is 1.88. The zero-order valence-electron chi connectivity index (χ0n) is 8.65. The molecule has 0 nitrogen and oxygen atoms in total. The first-order valence-corrected chi connectivity index (χ1v) is 5.84. The van der Waals surface area contributed by atoms with Crippen molar-refractivity contribution in [1.82, 2.24) is 0 Å². The van der Waals surface area contributed by atoms with E-state index in [9.17, 15) is 0 Å². The van der Waals surface area contributed by atoms with Gasteiger partial charge in [0, 0.05) is 4.47 Å². The van der Waals surface area contributed by atoms with Crippen molar-refractivity contribution in [1.29, 1.82) is 0 Å². The molecule has 1 aromatic rings. The topological polar surface area (TPSA) is 0 Å². The van der Waals surface area contributed by atoms with Crippen molar-refractivity contribution in [3.8, 4) is 0 Å². The van der Waals surface area contributed by atoms with E-state index in [-0.39, 0.29) is 0 Å². The Hall–Kier alpha value is -0.300. The zero-order valence-corrected chi connectivity index (χ0v) is 10.2. The number of hydrogen-bond donors (Lipinski definition) is 0. The van der Waals surface area contributed by atoms with Crippen molar-refractivity contribution in [2.75, 3.05) is 0 Å². The van der Waals surface area contributed by atoms with Crippen LogP contribution >= 0.6 is 15.9 Å². The lowest BCUT2D eigenvalue weighted by Crippen LogP contribution is -1.86. The summed E-state index contributed by atoms with van der Waals surface area (Å²) in [7, 11) is 0. The molecule has 0 bridgehead atoms. The van der Waals surface area contributed by atoms with E-state index in [1.807, 2.05) is 13.8 Å². The van der Waals surface area contributed by atoms with Crippen LogP contribution in [0, 0.1) is 6.92 Å². The summed E-state index contributed by atoms with van der Waals surface area (Å²) < 4.78 is 1.23. The van der Waals surface area contributed by atoms with Crippen LogP contribution in [0.2, 0.25) is 0 Å². The van der Waals surface area contributed by atoms with E-state index in [2.05, 4.69) is 35.0 Å². The molecule has 0 aliphatic heterocycles. The Morgan fingerprint density at radius 1 is 1.15 bits per heavy atom. The summed E-state index contributed by atoms with van der Waals surface area (Å²) in [5.74, 6) is 0. The predicted octanol–water partition coefficient (Wildman–Crippen LogP) is 4.27. The van der Waals surface area contributed by atoms with Crippen LogP contribution in [0.15, 0.2) is 16.6 Å². The molecule has 1 heteroatoms. The molecule has 0 saturated heterocycles. The molecule has 1 aromatic carbocycles. The summed E-state index contributed by atoms with van der Waals surface area (Å²) >= 11 is 3.52. The van der Waals surface area contributed by atoms with Gasteiger partial charge in [-0.3, -0.25) is 0 Å². The first kappa shape index (κ1) is 10.8. The number of benzene rings is 1. The van der Waals surface area contributed by atoms with Gasteiger partial charge in [0.05, 0.1) is 0 Å². The van der Waals surface area contributed by atoms with E-state index in [0.717, 1.165) is 0 Å². The van der Waals surface area contributed by atoms with Crippen molar-refractivity contribution >= 4 is 15.9 Å². The molecular formula is C12H17Br. The van der Waals surface area contributed by atoms with Gasteiger partial charge >= 0.3 is 0 Å². The third-order valence-corrected chi connectivity index (χ3v) is 2.86. The average Bonchev–Trinajstić information content (AvgIpc) is 2.55. The molecular weight excluding hydrogens is 224 g/mol. The van der Waals surface area contributed by atoms with Gasteiger partial charge in [0.15, 0.2) is 0 Å². The van der Waals surface area contributed by atoms with Crippen LogP contribution in [-0.4, -0.2) is 0 Å². The SMILES string of the molecule is CC.Cc1cc(Br)cc2c1CCC2. The average molecular weight is 241 g/mol. The maximum atomic E-state index is 3.52. The molecule has 0 radical (unpaired) electrons. The summed E-state index contributed by atoms with van der Waals surface area (Å²) in [6, 6.07) is 4.47. The normalized spacial score (nSPS) is 13.2. The third kappa shape index (κ3) is 2.34. The molecule has 0 amide bonds. The molecule has 0 heterocycles. The third-order valence-electron chi connectivity index (χ3n) is 2.40. The van der Waals surface area contributed by atoms with Crippen molar-refractivity contribution in [2.45, 2.75) is 40.0 Å². The first-order valence-electron chi connectivity index (χ1n) is 5.05. The summed E-state index contributed by atoms with van der Waals surface area (Å²) in [6.07, 6.45) is 3.90. The van der Waals surface area contributed by atoms with Crippen LogP contribution in [0.3, 0.4) is 0 Å². The van der Waals surface area contributed by atoms with E-state index in [4.69, 9.17) is 0 Å². The Labute approximate surface area is 89.5 Å². The second-order valence-electron chi connectivity index (χ2n) is 3.21. The van der Waals surface area contributed by atoms with Gasteiger partial charge in [0.1, 0.15) is 0 Å². The number of halogens is 1. The summed E-state index contributed by atoms with van der Waals surface area (Å²) in [6.45, 7) is 6.20. The lowest BCUT2D eigenvalue weighted by molar-refractivity contribution is 0.909. The number of hydrogen-bond acceptors (Lipinski definition) is 0. The number of fused-ring (bicyclic) bond motifs is 1. The fourth-order valence-corrected chi connectivity index (χ4v) is 2.50. The van der Waals surface area contributed by atoms with E-state index in [1.165, 1.54) is 29.3 Å². The highest BCUT2D eigenvalue weighted by Crippen LogP contribution is 2.28. The first-order chi connectivity index (χ1) is 6.27. The second-order valence-corrected chi connectivity index (χ2v) is 4.13. The minimum absolute atomic E-state index is 1.23. The van der Waals surface area contributed by atoms with Gasteiger partial charge in [-0.15, -0.1) is 0 Å². The minimum Gasteiger partial charge on any atom is -0.0683 e. The van der Waals surface area contributed by atoms with E-state index in [1.54, 1.807) is 11.1 Å². The molecule has 2 rings (SSSR count). The molecule has 0 N–H and O–H groups in total. The molecule has 1 aliphatic rings. The van der Waals surface area contributed by atoms with Crippen molar-refractivity contribution < 1.29 is 0 Å². The zero-order chi connectivity index (χ0) is 9.84. The largest absolute Gasteiger partial charge is 0.0683 e. The molecule has 0 atom stereocenters. The minimum atomic E-state index is 1.23. The molecule has 0 spiro atoms. The van der Waals surface area contributed by atoms with Gasteiger partial charge in [-0.25, -0.2) is 0 Å². The van der Waals surface area contributed by atoms with Gasteiger partial charge in [-0.1, -0.05) is 29.8 Å². The van der Waals surface area contributed by atoms with Crippen LogP contribution in [0.1, 0.15) is 37.0 Å².